The van der Waals surface area contributed by atoms with Crippen LogP contribution in [0.4, 0.5) is 0 Å². The third-order valence-electron chi connectivity index (χ3n) is 0.503. The van der Waals surface area contributed by atoms with E-state index in [-0.39, 0.29) is 0 Å². The predicted molar refractivity (Wildman–Crippen MR) is 34.4 cm³/mol. The van der Waals surface area contributed by atoms with Gasteiger partial charge in [-0.1, -0.05) is 30.1 Å². The molecule has 0 aromatic heterocycles. The van der Waals surface area contributed by atoms with Crippen LogP contribution in [-0.2, 0) is 0 Å². The third-order valence-corrected chi connectivity index (χ3v) is 1.11. The first kappa shape index (κ1) is 7.32. The van der Waals surface area contributed by atoms with Gasteiger partial charge < -0.3 is 0 Å². The maximum Gasteiger partial charge on any atom is 0.0331 e. The molecule has 0 bridgehead atoms. The Morgan fingerprint density at radius 2 is 2.29 bits per heavy atom. The first-order valence-electron chi connectivity index (χ1n) is 2.10. The second kappa shape index (κ2) is 4.48. The lowest BCUT2D eigenvalue weighted by Crippen LogP contribution is -1.67. The van der Waals surface area contributed by atoms with Gasteiger partial charge in [0.15, 0.2) is 0 Å². The molecule has 0 amide bonds. The molecule has 0 spiro atoms. The molecule has 0 aromatic rings. The Kier molecular flexibility index (Phi) is 4.68. The first-order valence-corrected chi connectivity index (χ1v) is 2.91. The van der Waals surface area contributed by atoms with E-state index in [9.17, 15) is 0 Å². The van der Waals surface area contributed by atoms with Gasteiger partial charge in [-0.25, -0.2) is 0 Å². The molecule has 0 aliphatic carbocycles. The maximum atomic E-state index is 5.44. The average Bonchev–Trinajstić information content (AvgIpc) is 1.68. The van der Waals surface area contributed by atoms with E-state index in [1.807, 2.05) is 13.3 Å². The Labute approximate surface area is 54.1 Å². The monoisotopic (exact) mass is 137 g/mol. The fourth-order valence-corrected chi connectivity index (χ4v) is 0.483. The van der Waals surface area contributed by atoms with E-state index in [0.29, 0.717) is 5.03 Å². The highest BCUT2D eigenvalue weighted by Crippen LogP contribution is 2.08. The lowest BCUT2D eigenvalue weighted by Gasteiger charge is -1.86. The highest BCUT2D eigenvalue weighted by atomic mass is 35.5. The van der Waals surface area contributed by atoms with Gasteiger partial charge in [-0.15, -0.1) is 0 Å². The molecule has 7 heavy (non-hydrogen) atoms. The Hall–Kier alpha value is 0.320. The minimum Gasteiger partial charge on any atom is -0.0917 e. The van der Waals surface area contributed by atoms with Crippen LogP contribution in [0.1, 0.15) is 13.3 Å². The van der Waals surface area contributed by atoms with Gasteiger partial charge in [0.2, 0.25) is 0 Å². The summed E-state index contributed by atoms with van der Waals surface area (Å²) in [7, 11) is 0. The number of allylic oxidation sites excluding steroid dienone is 1. The molecule has 0 aliphatic heterocycles. The molecule has 0 rings (SSSR count). The topological polar surface area (TPSA) is 0 Å². The van der Waals surface area contributed by atoms with Crippen molar-refractivity contribution in [3.8, 4) is 0 Å². The van der Waals surface area contributed by atoms with E-state index < -0.39 is 0 Å². The molecule has 0 aliphatic rings. The number of rotatable bonds is 2. The van der Waals surface area contributed by atoms with E-state index in [1.54, 1.807) is 0 Å². The van der Waals surface area contributed by atoms with E-state index in [0.717, 1.165) is 6.42 Å². The average molecular weight is 138 g/mol. The van der Waals surface area contributed by atoms with Gasteiger partial charge in [-0.05, 0) is 6.42 Å². The zero-order valence-electron chi connectivity index (χ0n) is 4.12. The van der Waals surface area contributed by atoms with Crippen LogP contribution >= 0.6 is 23.2 Å². The molecule has 0 heterocycles. The lowest BCUT2D eigenvalue weighted by atomic mass is 10.3. The molecule has 0 fully saturated rings. The SMILES string of the molecule is CC[CH]/C(Cl)=C/Cl. The van der Waals surface area contributed by atoms with Gasteiger partial charge in [0.1, 0.15) is 0 Å². The summed E-state index contributed by atoms with van der Waals surface area (Å²) >= 11 is 10.6. The molecule has 0 aromatic carbocycles. The van der Waals surface area contributed by atoms with Gasteiger partial charge in [0.25, 0.3) is 0 Å². The molecule has 41 valence electrons. The van der Waals surface area contributed by atoms with Crippen LogP contribution in [0.3, 0.4) is 0 Å². The predicted octanol–water partition coefficient (Wildman–Crippen LogP) is 2.92. The smallest absolute Gasteiger partial charge is 0.0331 e. The summed E-state index contributed by atoms with van der Waals surface area (Å²) in [6.45, 7) is 2.00. The largest absolute Gasteiger partial charge is 0.0917 e. The number of hydrogen-bond donors (Lipinski definition) is 0. The molecule has 0 unspecified atom stereocenters. The third kappa shape index (κ3) is 4.17. The van der Waals surface area contributed by atoms with Gasteiger partial charge in [0.05, 0.1) is 0 Å². The Balaban J connectivity index is 3.17. The van der Waals surface area contributed by atoms with Gasteiger partial charge in [-0.2, -0.15) is 0 Å². The molecule has 0 N–H and O–H groups in total. The maximum absolute atomic E-state index is 5.44. The summed E-state index contributed by atoms with van der Waals surface area (Å²) in [5, 5.41) is 0.615. The second-order valence-electron chi connectivity index (χ2n) is 1.11. The van der Waals surface area contributed by atoms with Crippen molar-refractivity contribution in [2.75, 3.05) is 0 Å². The van der Waals surface area contributed by atoms with Crippen LogP contribution in [0.5, 0.6) is 0 Å². The van der Waals surface area contributed by atoms with Crippen molar-refractivity contribution >= 4 is 23.2 Å². The quantitative estimate of drug-likeness (QED) is 0.550. The van der Waals surface area contributed by atoms with Crippen LogP contribution in [0.25, 0.3) is 0 Å². The summed E-state index contributed by atoms with van der Waals surface area (Å²) in [4.78, 5) is 0. The van der Waals surface area contributed by atoms with Crippen LogP contribution in [0, 0.1) is 6.42 Å². The van der Waals surface area contributed by atoms with Crippen molar-refractivity contribution in [2.24, 2.45) is 0 Å². The molecule has 0 saturated heterocycles. The molecule has 1 radical (unpaired) electrons. The van der Waals surface area contributed by atoms with E-state index >= 15 is 0 Å². The Morgan fingerprint density at radius 3 is 2.43 bits per heavy atom. The van der Waals surface area contributed by atoms with Crippen molar-refractivity contribution in [3.05, 3.63) is 17.0 Å². The standard InChI is InChI=1S/C5H7Cl2/c1-2-3-5(7)4-6/h3-4H,2H2,1H3/b5-4-. The fourth-order valence-electron chi connectivity index (χ4n) is 0.240. The normalized spacial score (nSPS) is 12.1. The molecule has 2 heteroatoms. The van der Waals surface area contributed by atoms with Crippen molar-refractivity contribution in [1.29, 1.82) is 0 Å². The van der Waals surface area contributed by atoms with Gasteiger partial charge in [-0.3, -0.25) is 0 Å². The van der Waals surface area contributed by atoms with Crippen molar-refractivity contribution < 1.29 is 0 Å². The first-order chi connectivity index (χ1) is 3.31. The molecule has 0 saturated carbocycles. The summed E-state index contributed by atoms with van der Waals surface area (Å²) in [6.07, 6.45) is 2.77. The Morgan fingerprint density at radius 1 is 1.71 bits per heavy atom. The molecule has 0 nitrogen and oxygen atoms in total. The van der Waals surface area contributed by atoms with Gasteiger partial charge in [0, 0.05) is 17.0 Å². The van der Waals surface area contributed by atoms with Crippen molar-refractivity contribution in [1.82, 2.24) is 0 Å². The van der Waals surface area contributed by atoms with E-state index in [4.69, 9.17) is 23.2 Å². The minimum absolute atomic E-state index is 0.615. The summed E-state index contributed by atoms with van der Waals surface area (Å²) in [6, 6.07) is 0. The number of hydrogen-bond acceptors (Lipinski definition) is 0. The van der Waals surface area contributed by atoms with Crippen LogP contribution in [-0.4, -0.2) is 0 Å². The van der Waals surface area contributed by atoms with E-state index in [2.05, 4.69) is 0 Å². The minimum atomic E-state index is 0.615. The fraction of sp³-hybridized carbons (Fsp3) is 0.400. The van der Waals surface area contributed by atoms with Gasteiger partial charge >= 0.3 is 0 Å². The highest BCUT2D eigenvalue weighted by molar-refractivity contribution is 6.37. The zero-order valence-corrected chi connectivity index (χ0v) is 5.63. The van der Waals surface area contributed by atoms with Crippen LogP contribution < -0.4 is 0 Å². The highest BCUT2D eigenvalue weighted by Gasteiger charge is 1.84. The van der Waals surface area contributed by atoms with Crippen molar-refractivity contribution in [3.63, 3.8) is 0 Å². The zero-order chi connectivity index (χ0) is 5.70. The summed E-state index contributed by atoms with van der Waals surface area (Å²) in [5.74, 6) is 0. The summed E-state index contributed by atoms with van der Waals surface area (Å²) in [5.41, 5.74) is 1.35. The van der Waals surface area contributed by atoms with Crippen LogP contribution in [0.2, 0.25) is 0 Å². The Bertz CT molecular complexity index is 66.5. The lowest BCUT2D eigenvalue weighted by molar-refractivity contribution is 1.14. The molecular weight excluding hydrogens is 131 g/mol. The van der Waals surface area contributed by atoms with Crippen molar-refractivity contribution in [2.45, 2.75) is 13.3 Å². The van der Waals surface area contributed by atoms with E-state index in [1.165, 1.54) is 5.54 Å². The summed E-state index contributed by atoms with van der Waals surface area (Å²) < 4.78 is 0. The molecule has 0 atom stereocenters. The molecular formula is C5H7Cl2. The second-order valence-corrected chi connectivity index (χ2v) is 1.76. The van der Waals surface area contributed by atoms with Crippen LogP contribution in [0.15, 0.2) is 10.6 Å². The number of halogens is 2.